The molecule has 3 amide bonds. The van der Waals surface area contributed by atoms with E-state index in [0.717, 1.165) is 4.47 Å². The van der Waals surface area contributed by atoms with Crippen molar-refractivity contribution in [2.24, 2.45) is 0 Å². The van der Waals surface area contributed by atoms with Crippen molar-refractivity contribution in [1.82, 2.24) is 9.80 Å². The summed E-state index contributed by atoms with van der Waals surface area (Å²) in [5.74, 6) is 0. The molecule has 0 aliphatic carbocycles. The van der Waals surface area contributed by atoms with Crippen LogP contribution in [0.5, 0.6) is 0 Å². The van der Waals surface area contributed by atoms with Crippen molar-refractivity contribution >= 4 is 45.3 Å². The maximum Gasteiger partial charge on any atom is 0.410 e. The minimum atomic E-state index is -0.538. The fourth-order valence-electron chi connectivity index (χ4n) is 2.52. The average Bonchev–Trinajstić information content (AvgIpc) is 2.48. The monoisotopic (exact) mass is 431 g/mol. The minimum absolute atomic E-state index is 0.130. The maximum atomic E-state index is 12.5. The van der Waals surface area contributed by atoms with E-state index in [4.69, 9.17) is 16.3 Å². The molecule has 8 heteroatoms. The van der Waals surface area contributed by atoms with Crippen LogP contribution in [0.3, 0.4) is 0 Å². The van der Waals surface area contributed by atoms with Gasteiger partial charge in [-0.1, -0.05) is 27.5 Å². The van der Waals surface area contributed by atoms with Crippen molar-refractivity contribution in [1.29, 1.82) is 0 Å². The summed E-state index contributed by atoms with van der Waals surface area (Å²) < 4.78 is 6.25. The molecule has 0 bridgehead atoms. The van der Waals surface area contributed by atoms with Crippen LogP contribution in [0.1, 0.15) is 27.7 Å². The number of ether oxygens (including phenoxy) is 1. The number of halogens is 2. The lowest BCUT2D eigenvalue weighted by molar-refractivity contribution is 0.00589. The van der Waals surface area contributed by atoms with Crippen molar-refractivity contribution in [3.8, 4) is 0 Å². The molecule has 1 fully saturated rings. The van der Waals surface area contributed by atoms with Gasteiger partial charge < -0.3 is 19.9 Å². The zero-order chi connectivity index (χ0) is 18.8. The van der Waals surface area contributed by atoms with E-state index in [1.165, 1.54) is 0 Å². The Morgan fingerprint density at radius 3 is 2.56 bits per heavy atom. The zero-order valence-corrected chi connectivity index (χ0v) is 17.1. The number of benzene rings is 1. The molecular formula is C17H23BrClN3O3. The first kappa shape index (κ1) is 19.8. The van der Waals surface area contributed by atoms with Crippen LogP contribution in [0.25, 0.3) is 0 Å². The molecule has 1 aromatic carbocycles. The van der Waals surface area contributed by atoms with Gasteiger partial charge in [0.15, 0.2) is 0 Å². The molecule has 1 aliphatic rings. The number of urea groups is 1. The first-order valence-corrected chi connectivity index (χ1v) is 9.24. The van der Waals surface area contributed by atoms with E-state index in [9.17, 15) is 9.59 Å². The van der Waals surface area contributed by atoms with Crippen LogP contribution in [-0.4, -0.2) is 53.2 Å². The fraction of sp³-hybridized carbons (Fsp3) is 0.529. The number of nitrogens with one attached hydrogen (secondary N) is 1. The first-order valence-electron chi connectivity index (χ1n) is 8.07. The van der Waals surface area contributed by atoms with Gasteiger partial charge in [-0.3, -0.25) is 0 Å². The third kappa shape index (κ3) is 5.51. The molecule has 0 radical (unpaired) electrons. The topological polar surface area (TPSA) is 61.9 Å². The minimum Gasteiger partial charge on any atom is -0.444 e. The van der Waals surface area contributed by atoms with Gasteiger partial charge in [0.1, 0.15) is 5.60 Å². The highest BCUT2D eigenvalue weighted by molar-refractivity contribution is 9.10. The Bertz CT molecular complexity index is 663. The van der Waals surface area contributed by atoms with E-state index < -0.39 is 5.60 Å². The molecule has 1 N–H and O–H groups in total. The predicted molar refractivity (Wildman–Crippen MR) is 102 cm³/mol. The van der Waals surface area contributed by atoms with Crippen LogP contribution < -0.4 is 5.32 Å². The van der Waals surface area contributed by atoms with Crippen LogP contribution in [0.2, 0.25) is 5.02 Å². The third-order valence-electron chi connectivity index (χ3n) is 3.72. The highest BCUT2D eigenvalue weighted by Gasteiger charge is 2.32. The van der Waals surface area contributed by atoms with Gasteiger partial charge >= 0.3 is 12.1 Å². The van der Waals surface area contributed by atoms with Crippen LogP contribution in [0.4, 0.5) is 15.3 Å². The van der Waals surface area contributed by atoms with Crippen molar-refractivity contribution in [2.75, 3.05) is 25.0 Å². The average molecular weight is 433 g/mol. The van der Waals surface area contributed by atoms with E-state index in [0.29, 0.717) is 30.3 Å². The summed E-state index contributed by atoms with van der Waals surface area (Å²) in [4.78, 5) is 28.0. The summed E-state index contributed by atoms with van der Waals surface area (Å²) in [6.45, 7) is 8.69. The van der Waals surface area contributed by atoms with E-state index in [2.05, 4.69) is 21.2 Å². The van der Waals surface area contributed by atoms with Crippen LogP contribution in [-0.2, 0) is 4.74 Å². The second kappa shape index (κ2) is 7.83. The lowest BCUT2D eigenvalue weighted by Crippen LogP contribution is -2.57. The first-order chi connectivity index (χ1) is 11.6. The van der Waals surface area contributed by atoms with E-state index >= 15 is 0 Å². The molecule has 1 saturated heterocycles. The van der Waals surface area contributed by atoms with Gasteiger partial charge in [-0.2, -0.15) is 0 Å². The van der Waals surface area contributed by atoms with Gasteiger partial charge in [-0.05, 0) is 45.9 Å². The molecule has 1 aromatic rings. The molecule has 0 aromatic heterocycles. The van der Waals surface area contributed by atoms with Crippen molar-refractivity contribution in [3.05, 3.63) is 27.7 Å². The van der Waals surface area contributed by atoms with Gasteiger partial charge in [-0.15, -0.1) is 0 Å². The lowest BCUT2D eigenvalue weighted by atomic mass is 10.2. The quantitative estimate of drug-likeness (QED) is 0.707. The summed E-state index contributed by atoms with van der Waals surface area (Å²) >= 11 is 9.47. The summed E-state index contributed by atoms with van der Waals surface area (Å²) in [6.07, 6.45) is -0.351. The highest BCUT2D eigenvalue weighted by Crippen LogP contribution is 2.26. The molecule has 0 saturated carbocycles. The highest BCUT2D eigenvalue weighted by atomic mass is 79.9. The van der Waals surface area contributed by atoms with Crippen molar-refractivity contribution < 1.29 is 14.3 Å². The maximum absolute atomic E-state index is 12.5. The van der Waals surface area contributed by atoms with Gasteiger partial charge in [-0.25, -0.2) is 9.59 Å². The number of carbonyl (C=O) groups is 2. The molecular weight excluding hydrogens is 410 g/mol. The predicted octanol–water partition coefficient (Wildman–Crippen LogP) is 4.58. The Morgan fingerprint density at radius 2 is 2.00 bits per heavy atom. The van der Waals surface area contributed by atoms with Gasteiger partial charge in [0, 0.05) is 30.1 Å². The smallest absolute Gasteiger partial charge is 0.410 e. The number of carbonyl (C=O) groups excluding carboxylic acids is 2. The summed E-state index contributed by atoms with van der Waals surface area (Å²) in [7, 11) is 0. The Balaban J connectivity index is 1.95. The number of hydrogen-bond acceptors (Lipinski definition) is 3. The Kier molecular flexibility index (Phi) is 6.21. The summed E-state index contributed by atoms with van der Waals surface area (Å²) in [6, 6.07) is 4.91. The second-order valence-electron chi connectivity index (χ2n) is 7.02. The molecule has 6 nitrogen and oxygen atoms in total. The van der Waals surface area contributed by atoms with Gasteiger partial charge in [0.25, 0.3) is 0 Å². The molecule has 2 rings (SSSR count). The molecule has 1 heterocycles. The van der Waals surface area contributed by atoms with Gasteiger partial charge in [0.05, 0.1) is 10.7 Å². The fourth-order valence-corrected chi connectivity index (χ4v) is 3.24. The number of nitrogens with zero attached hydrogens (tertiary/aromatic N) is 2. The Hall–Kier alpha value is -1.47. The van der Waals surface area contributed by atoms with Crippen molar-refractivity contribution in [3.63, 3.8) is 0 Å². The Labute approximate surface area is 161 Å². The molecule has 1 aliphatic heterocycles. The van der Waals surface area contributed by atoms with E-state index in [-0.39, 0.29) is 18.2 Å². The molecule has 1 atom stereocenters. The number of rotatable bonds is 1. The molecule has 138 valence electrons. The summed E-state index contributed by atoms with van der Waals surface area (Å²) in [5, 5.41) is 3.27. The number of amides is 3. The number of piperazine rings is 1. The number of hydrogen-bond donors (Lipinski definition) is 1. The molecule has 25 heavy (non-hydrogen) atoms. The van der Waals surface area contributed by atoms with E-state index in [1.807, 2.05) is 33.8 Å². The second-order valence-corrected chi connectivity index (χ2v) is 8.35. The van der Waals surface area contributed by atoms with E-state index in [1.54, 1.807) is 21.9 Å². The zero-order valence-electron chi connectivity index (χ0n) is 14.8. The van der Waals surface area contributed by atoms with Crippen LogP contribution in [0.15, 0.2) is 22.7 Å². The van der Waals surface area contributed by atoms with Gasteiger partial charge in [0.2, 0.25) is 0 Å². The number of anilines is 1. The van der Waals surface area contributed by atoms with Crippen LogP contribution >= 0.6 is 27.5 Å². The standard InChI is InChI=1S/C17H23BrClN3O3/c1-11-10-21(7-8-22(11)16(24)25-17(2,3)4)15(23)20-14-6-5-12(18)9-13(14)19/h5-6,9,11H,7-8,10H2,1-4H3,(H,20,23). The summed E-state index contributed by atoms with van der Waals surface area (Å²) in [5.41, 5.74) is 0.0148. The molecule has 0 spiro atoms. The lowest BCUT2D eigenvalue weighted by Gasteiger charge is -2.40. The largest absolute Gasteiger partial charge is 0.444 e. The normalized spacial score (nSPS) is 18.1. The third-order valence-corrected chi connectivity index (χ3v) is 4.52. The molecule has 1 unspecified atom stereocenters. The van der Waals surface area contributed by atoms with Crippen molar-refractivity contribution in [2.45, 2.75) is 39.3 Å². The SMILES string of the molecule is CC1CN(C(=O)Nc2ccc(Br)cc2Cl)CCN1C(=O)OC(C)(C)C. The Morgan fingerprint density at radius 1 is 1.32 bits per heavy atom. The van der Waals surface area contributed by atoms with Crippen LogP contribution in [0, 0.1) is 0 Å².